The van der Waals surface area contributed by atoms with Crippen molar-refractivity contribution in [2.45, 2.75) is 32.4 Å². The molecule has 0 unspecified atom stereocenters. The molecule has 1 aliphatic rings. The maximum atomic E-state index is 4.49. The van der Waals surface area contributed by atoms with E-state index in [1.165, 1.54) is 0 Å². The van der Waals surface area contributed by atoms with Gasteiger partial charge < -0.3 is 10.2 Å². The minimum atomic E-state index is -0.111. The highest BCUT2D eigenvalue weighted by Crippen LogP contribution is 2.26. The van der Waals surface area contributed by atoms with E-state index in [2.05, 4.69) is 51.0 Å². The molecule has 1 saturated heterocycles. The number of pyridine rings is 1. The number of hydrogen-bond acceptors (Lipinski definition) is 6. The van der Waals surface area contributed by atoms with Gasteiger partial charge in [0, 0.05) is 19.3 Å². The Hall–Kier alpha value is -2.70. The number of anilines is 2. The summed E-state index contributed by atoms with van der Waals surface area (Å²) < 4.78 is 1.94. The van der Waals surface area contributed by atoms with Crippen molar-refractivity contribution in [3.63, 3.8) is 0 Å². The number of fused-ring (bicyclic) bond motifs is 1. The minimum absolute atomic E-state index is 0.111. The summed E-state index contributed by atoms with van der Waals surface area (Å²) in [5, 5.41) is 8.97. The molecular formula is C17H21N7. The van der Waals surface area contributed by atoms with Crippen LogP contribution in [0.5, 0.6) is 0 Å². The van der Waals surface area contributed by atoms with E-state index in [1.54, 1.807) is 6.33 Å². The van der Waals surface area contributed by atoms with Crippen molar-refractivity contribution in [3.8, 4) is 0 Å². The fourth-order valence-corrected chi connectivity index (χ4v) is 2.94. The topological polar surface area (TPSA) is 71.8 Å². The van der Waals surface area contributed by atoms with Crippen LogP contribution in [0.3, 0.4) is 0 Å². The minimum Gasteiger partial charge on any atom is -0.363 e. The maximum Gasteiger partial charge on any atom is 0.163 e. The maximum absolute atomic E-state index is 4.49. The van der Waals surface area contributed by atoms with Crippen molar-refractivity contribution >= 4 is 22.7 Å². The Kier molecular flexibility index (Phi) is 3.37. The Bertz CT molecular complexity index is 844. The number of nitrogens with zero attached hydrogens (tertiary/aromatic N) is 6. The fourth-order valence-electron chi connectivity index (χ4n) is 2.94. The first kappa shape index (κ1) is 14.9. The van der Waals surface area contributed by atoms with Gasteiger partial charge >= 0.3 is 0 Å². The Labute approximate surface area is 140 Å². The van der Waals surface area contributed by atoms with Gasteiger partial charge in [-0.05, 0) is 32.9 Å². The van der Waals surface area contributed by atoms with Gasteiger partial charge in [-0.25, -0.2) is 19.6 Å². The molecule has 0 amide bonds. The lowest BCUT2D eigenvalue weighted by molar-refractivity contribution is 0.366. The van der Waals surface area contributed by atoms with E-state index in [0.717, 1.165) is 35.8 Å². The normalized spacial score (nSPS) is 15.5. The van der Waals surface area contributed by atoms with Gasteiger partial charge in [0.05, 0.1) is 23.2 Å². The van der Waals surface area contributed by atoms with Gasteiger partial charge in [-0.3, -0.25) is 0 Å². The van der Waals surface area contributed by atoms with Crippen molar-refractivity contribution in [3.05, 3.63) is 36.9 Å². The molecule has 4 rings (SSSR count). The van der Waals surface area contributed by atoms with E-state index in [9.17, 15) is 0 Å². The molecule has 1 aliphatic heterocycles. The average molecular weight is 323 g/mol. The summed E-state index contributed by atoms with van der Waals surface area (Å²) in [4.78, 5) is 15.4. The molecule has 7 nitrogen and oxygen atoms in total. The van der Waals surface area contributed by atoms with Crippen molar-refractivity contribution in [1.82, 2.24) is 24.7 Å². The van der Waals surface area contributed by atoms with Crippen LogP contribution in [-0.2, 0) is 5.54 Å². The molecule has 24 heavy (non-hydrogen) atoms. The number of rotatable bonds is 3. The summed E-state index contributed by atoms with van der Waals surface area (Å²) in [5.41, 5.74) is 0.750. The first-order valence-corrected chi connectivity index (χ1v) is 8.14. The van der Waals surface area contributed by atoms with E-state index in [4.69, 9.17) is 0 Å². The molecule has 0 radical (unpaired) electrons. The molecule has 0 aliphatic carbocycles. The van der Waals surface area contributed by atoms with Crippen LogP contribution in [0, 0.1) is 0 Å². The molecule has 3 aromatic heterocycles. The smallest absolute Gasteiger partial charge is 0.163 e. The van der Waals surface area contributed by atoms with Crippen LogP contribution in [0.2, 0.25) is 0 Å². The molecule has 0 aromatic carbocycles. The Morgan fingerprint density at radius 2 is 1.96 bits per heavy atom. The summed E-state index contributed by atoms with van der Waals surface area (Å²) in [6.07, 6.45) is 5.27. The monoisotopic (exact) mass is 323 g/mol. The second kappa shape index (κ2) is 5.43. The molecule has 1 fully saturated rings. The van der Waals surface area contributed by atoms with Crippen LogP contribution in [0.25, 0.3) is 11.0 Å². The van der Waals surface area contributed by atoms with E-state index in [0.29, 0.717) is 6.04 Å². The third kappa shape index (κ3) is 2.55. The molecule has 4 heterocycles. The largest absolute Gasteiger partial charge is 0.363 e. The highest BCUT2D eigenvalue weighted by Gasteiger charge is 2.29. The fraction of sp³-hybridized carbons (Fsp3) is 0.412. The van der Waals surface area contributed by atoms with Crippen LogP contribution in [0.15, 0.2) is 36.9 Å². The lowest BCUT2D eigenvalue weighted by Crippen LogP contribution is -2.55. The van der Waals surface area contributed by atoms with Gasteiger partial charge in [0.1, 0.15) is 18.0 Å². The molecule has 0 atom stereocenters. The number of aromatic nitrogens is 5. The van der Waals surface area contributed by atoms with Crippen molar-refractivity contribution in [2.24, 2.45) is 0 Å². The lowest BCUT2D eigenvalue weighted by atomic mass is 10.1. The van der Waals surface area contributed by atoms with Crippen LogP contribution < -0.4 is 10.2 Å². The van der Waals surface area contributed by atoms with Crippen LogP contribution in [0.4, 0.5) is 11.6 Å². The van der Waals surface area contributed by atoms with Gasteiger partial charge in [-0.1, -0.05) is 6.07 Å². The lowest BCUT2D eigenvalue weighted by Gasteiger charge is -2.40. The summed E-state index contributed by atoms with van der Waals surface area (Å²) in [7, 11) is 0. The second-order valence-corrected chi connectivity index (χ2v) is 7.12. The molecule has 124 valence electrons. The van der Waals surface area contributed by atoms with E-state index < -0.39 is 0 Å². The molecule has 7 heteroatoms. The highest BCUT2D eigenvalue weighted by molar-refractivity contribution is 5.86. The van der Waals surface area contributed by atoms with Gasteiger partial charge in [-0.15, -0.1) is 0 Å². The number of hydrogen-bond donors (Lipinski definition) is 1. The molecule has 0 saturated carbocycles. The third-order valence-corrected chi connectivity index (χ3v) is 4.20. The Balaban J connectivity index is 1.51. The Morgan fingerprint density at radius 1 is 1.12 bits per heavy atom. The average Bonchev–Trinajstić information content (AvgIpc) is 2.96. The number of nitrogens with one attached hydrogen (secondary N) is 1. The quantitative estimate of drug-likeness (QED) is 0.797. The SMILES string of the molecule is CC(C)(C)n1ncc2c(NC3CN(c4ccccn4)C3)ncnc21. The predicted octanol–water partition coefficient (Wildman–Crippen LogP) is 2.28. The van der Waals surface area contributed by atoms with E-state index in [-0.39, 0.29) is 5.54 Å². The Morgan fingerprint density at radius 3 is 2.67 bits per heavy atom. The summed E-state index contributed by atoms with van der Waals surface area (Å²) in [6.45, 7) is 8.17. The van der Waals surface area contributed by atoms with Gasteiger partial charge in [-0.2, -0.15) is 5.10 Å². The van der Waals surface area contributed by atoms with Crippen molar-refractivity contribution in [2.75, 3.05) is 23.3 Å². The summed E-state index contributed by atoms with van der Waals surface area (Å²) in [6, 6.07) is 6.33. The van der Waals surface area contributed by atoms with Crippen LogP contribution in [-0.4, -0.2) is 43.9 Å². The van der Waals surface area contributed by atoms with Gasteiger partial charge in [0.2, 0.25) is 0 Å². The van der Waals surface area contributed by atoms with Crippen molar-refractivity contribution in [1.29, 1.82) is 0 Å². The zero-order valence-electron chi connectivity index (χ0n) is 14.1. The molecule has 1 N–H and O–H groups in total. The highest BCUT2D eigenvalue weighted by atomic mass is 15.3. The van der Waals surface area contributed by atoms with Gasteiger partial charge in [0.15, 0.2) is 5.65 Å². The standard InChI is InChI=1S/C17H21N7/c1-17(2,3)24-16-13(8-21-24)15(19-11-20-16)22-12-9-23(10-12)14-6-4-5-7-18-14/h4-8,11-12H,9-10H2,1-3H3,(H,19,20,22). The van der Waals surface area contributed by atoms with Crippen LogP contribution >= 0.6 is 0 Å². The molecular weight excluding hydrogens is 302 g/mol. The van der Waals surface area contributed by atoms with Crippen LogP contribution in [0.1, 0.15) is 20.8 Å². The van der Waals surface area contributed by atoms with E-state index in [1.807, 2.05) is 35.3 Å². The molecule has 0 bridgehead atoms. The second-order valence-electron chi connectivity index (χ2n) is 7.12. The summed E-state index contributed by atoms with van der Waals surface area (Å²) >= 11 is 0. The van der Waals surface area contributed by atoms with Crippen molar-refractivity contribution < 1.29 is 0 Å². The molecule has 3 aromatic rings. The summed E-state index contributed by atoms with van der Waals surface area (Å²) in [5.74, 6) is 1.87. The molecule has 0 spiro atoms. The third-order valence-electron chi connectivity index (χ3n) is 4.20. The first-order valence-electron chi connectivity index (χ1n) is 8.14. The zero-order chi connectivity index (χ0) is 16.7. The zero-order valence-corrected chi connectivity index (χ0v) is 14.1. The van der Waals surface area contributed by atoms with E-state index >= 15 is 0 Å². The predicted molar refractivity (Wildman–Crippen MR) is 94.2 cm³/mol. The van der Waals surface area contributed by atoms with Gasteiger partial charge in [0.25, 0.3) is 0 Å². The first-order chi connectivity index (χ1) is 11.5.